The van der Waals surface area contributed by atoms with Crippen molar-refractivity contribution in [2.75, 3.05) is 14.7 Å². The normalized spacial score (nSPS) is 18.0. The van der Waals surface area contributed by atoms with Gasteiger partial charge in [0.15, 0.2) is 0 Å². The number of fused-ring (bicyclic) bond motifs is 7. The highest BCUT2D eigenvalue weighted by molar-refractivity contribution is 7.00. The van der Waals surface area contributed by atoms with Crippen molar-refractivity contribution in [2.24, 2.45) is 0 Å². The smallest absolute Gasteiger partial charge is 0.252 e. The van der Waals surface area contributed by atoms with Crippen LogP contribution >= 0.6 is 0 Å². The Labute approximate surface area is 411 Å². The second-order valence-corrected chi connectivity index (χ2v) is 20.1. The molecule has 4 aliphatic rings. The van der Waals surface area contributed by atoms with E-state index in [2.05, 4.69) is 271 Å². The van der Waals surface area contributed by atoms with E-state index in [0.29, 0.717) is 0 Å². The Morgan fingerprint density at radius 1 is 0.329 bits per heavy atom. The van der Waals surface area contributed by atoms with Crippen LogP contribution in [0.25, 0.3) is 44.5 Å². The predicted octanol–water partition coefficient (Wildman–Crippen LogP) is 15.4. The Hall–Kier alpha value is -8.34. The van der Waals surface area contributed by atoms with Crippen LogP contribution in [0.2, 0.25) is 0 Å². The van der Waals surface area contributed by atoms with E-state index in [1.54, 1.807) is 0 Å². The molecule has 332 valence electrons. The lowest BCUT2D eigenvalue weighted by Gasteiger charge is -2.56. The molecule has 3 nitrogen and oxygen atoms in total. The van der Waals surface area contributed by atoms with Crippen LogP contribution in [0, 0.1) is 0 Å². The van der Waals surface area contributed by atoms with Gasteiger partial charge in [-0.15, -0.1) is 0 Å². The van der Waals surface area contributed by atoms with Crippen LogP contribution in [0.1, 0.15) is 32.3 Å². The average Bonchev–Trinajstić information content (AvgIpc) is 3.56. The van der Waals surface area contributed by atoms with Crippen molar-refractivity contribution in [3.05, 3.63) is 248 Å². The molecular weight excluding hydrogens is 846 g/mol. The van der Waals surface area contributed by atoms with E-state index in [9.17, 15) is 0 Å². The number of rotatable bonds is 7. The van der Waals surface area contributed by atoms with Crippen molar-refractivity contribution in [2.45, 2.75) is 37.6 Å². The summed E-state index contributed by atoms with van der Waals surface area (Å²) in [5.41, 5.74) is 24.5. The highest BCUT2D eigenvalue weighted by atomic mass is 15.3. The first-order valence-electron chi connectivity index (χ1n) is 24.8. The van der Waals surface area contributed by atoms with Crippen molar-refractivity contribution in [1.82, 2.24) is 0 Å². The molecular formula is C66H50BN3. The zero-order valence-electron chi connectivity index (χ0n) is 39.4. The van der Waals surface area contributed by atoms with E-state index in [-0.39, 0.29) is 17.7 Å². The molecule has 0 radical (unpaired) electrons. The second kappa shape index (κ2) is 15.6. The van der Waals surface area contributed by atoms with E-state index < -0.39 is 0 Å². The summed E-state index contributed by atoms with van der Waals surface area (Å²) >= 11 is 0. The molecule has 0 saturated heterocycles. The molecule has 3 aliphatic heterocycles. The minimum atomic E-state index is -0.104. The van der Waals surface area contributed by atoms with Crippen LogP contribution in [0.15, 0.2) is 243 Å². The predicted molar refractivity (Wildman–Crippen MR) is 296 cm³/mol. The van der Waals surface area contributed by atoms with Gasteiger partial charge in [0.1, 0.15) is 0 Å². The lowest BCUT2D eigenvalue weighted by Crippen LogP contribution is -2.62. The van der Waals surface area contributed by atoms with E-state index >= 15 is 0 Å². The van der Waals surface area contributed by atoms with Gasteiger partial charge in [-0.25, -0.2) is 0 Å². The highest BCUT2D eigenvalue weighted by Gasteiger charge is 2.63. The van der Waals surface area contributed by atoms with Crippen molar-refractivity contribution < 1.29 is 0 Å². The van der Waals surface area contributed by atoms with Gasteiger partial charge < -0.3 is 14.7 Å². The molecule has 70 heavy (non-hydrogen) atoms. The van der Waals surface area contributed by atoms with Gasteiger partial charge in [-0.05, 0) is 141 Å². The Morgan fingerprint density at radius 3 is 1.19 bits per heavy atom. The number of anilines is 8. The number of benzene rings is 10. The van der Waals surface area contributed by atoms with Gasteiger partial charge in [0.25, 0.3) is 6.71 Å². The van der Waals surface area contributed by atoms with Gasteiger partial charge in [0, 0.05) is 50.9 Å². The Bertz CT molecular complexity index is 3470. The molecule has 0 aromatic heterocycles. The summed E-state index contributed by atoms with van der Waals surface area (Å²) in [6.07, 6.45) is 2.28. The lowest BCUT2D eigenvalue weighted by molar-refractivity contribution is 0.133. The number of para-hydroxylation sites is 1. The van der Waals surface area contributed by atoms with Gasteiger partial charge >= 0.3 is 0 Å². The maximum absolute atomic E-state index is 2.72. The molecule has 2 atom stereocenters. The summed E-state index contributed by atoms with van der Waals surface area (Å²) < 4.78 is 0. The summed E-state index contributed by atoms with van der Waals surface area (Å²) in [4.78, 5) is 7.92. The van der Waals surface area contributed by atoms with E-state index in [4.69, 9.17) is 0 Å². The zero-order chi connectivity index (χ0) is 46.6. The van der Waals surface area contributed by atoms with Gasteiger partial charge in [-0.1, -0.05) is 195 Å². The molecule has 10 aromatic rings. The molecule has 2 unspecified atom stereocenters. The Morgan fingerprint density at radius 2 is 0.743 bits per heavy atom. The molecule has 4 heteroatoms. The molecule has 1 fully saturated rings. The topological polar surface area (TPSA) is 9.72 Å². The fraction of sp³-hybridized carbons (Fsp3) is 0.0909. The number of nitrogens with zero attached hydrogens (tertiary/aromatic N) is 3. The maximum Gasteiger partial charge on any atom is 0.252 e. The first kappa shape index (κ1) is 40.7. The lowest BCUT2D eigenvalue weighted by atomic mass is 9.33. The zero-order valence-corrected chi connectivity index (χ0v) is 39.4. The van der Waals surface area contributed by atoms with Crippen LogP contribution in [-0.4, -0.2) is 12.3 Å². The van der Waals surface area contributed by atoms with Crippen molar-refractivity contribution in [3.63, 3.8) is 0 Å². The second-order valence-electron chi connectivity index (χ2n) is 20.1. The van der Waals surface area contributed by atoms with Crippen LogP contribution in [0.4, 0.5) is 45.5 Å². The van der Waals surface area contributed by atoms with Crippen LogP contribution < -0.4 is 31.1 Å². The molecule has 1 saturated carbocycles. The van der Waals surface area contributed by atoms with Gasteiger partial charge in [0.05, 0.1) is 5.54 Å². The number of hydrogen-bond acceptors (Lipinski definition) is 3. The maximum atomic E-state index is 2.72. The largest absolute Gasteiger partial charge is 0.334 e. The molecule has 0 spiro atoms. The van der Waals surface area contributed by atoms with Crippen molar-refractivity contribution in [3.8, 4) is 44.5 Å². The molecule has 1 aliphatic carbocycles. The first-order valence-corrected chi connectivity index (χ1v) is 24.8. The third-order valence-corrected chi connectivity index (χ3v) is 16.5. The first-order chi connectivity index (χ1) is 34.4. The molecule has 14 rings (SSSR count). The highest BCUT2D eigenvalue weighted by Crippen LogP contribution is 2.65. The fourth-order valence-electron chi connectivity index (χ4n) is 12.7. The van der Waals surface area contributed by atoms with Gasteiger partial charge in [0.2, 0.25) is 0 Å². The number of hydrogen-bond donors (Lipinski definition) is 0. The summed E-state index contributed by atoms with van der Waals surface area (Å²) in [5.74, 6) is 0. The molecule has 0 bridgehead atoms. The van der Waals surface area contributed by atoms with Gasteiger partial charge in [-0.2, -0.15) is 0 Å². The fourth-order valence-corrected chi connectivity index (χ4v) is 12.7. The van der Waals surface area contributed by atoms with Crippen LogP contribution in [0.3, 0.4) is 0 Å². The van der Waals surface area contributed by atoms with E-state index in [0.717, 1.165) is 17.8 Å². The van der Waals surface area contributed by atoms with Crippen molar-refractivity contribution in [1.29, 1.82) is 0 Å². The van der Waals surface area contributed by atoms with Gasteiger partial charge in [-0.3, -0.25) is 0 Å². The third kappa shape index (κ3) is 6.02. The third-order valence-electron chi connectivity index (χ3n) is 16.5. The quantitative estimate of drug-likeness (QED) is 0.148. The average molecular weight is 896 g/mol. The minimum Gasteiger partial charge on any atom is -0.334 e. The van der Waals surface area contributed by atoms with E-state index in [1.807, 2.05) is 0 Å². The summed E-state index contributed by atoms with van der Waals surface area (Å²) in [6, 6.07) is 90.5. The molecule has 0 amide bonds. The standard InChI is InChI=1S/C66H50BN3/c1-65-37-38-66(65,2)70(59-32-16-15-31-56(59)65)55-43-62-64-63(44-55)69(54-30-18-28-50(40-54)46-21-9-4-10-22-46)61-42-52(48-25-13-6-14-26-48)34-36-58(61)67(64)57-35-33-51(47-23-11-5-12-24-47)41-60(57)68(62)53-29-17-27-49(39-53)45-19-7-3-8-20-45/h3-36,39-44H,37-38H2,1-2H3. The Kier molecular flexibility index (Phi) is 9.07. The molecule has 0 N–H and O–H groups in total. The summed E-state index contributed by atoms with van der Waals surface area (Å²) in [5, 5.41) is 0. The monoisotopic (exact) mass is 895 g/mol. The van der Waals surface area contributed by atoms with Crippen LogP contribution in [-0.2, 0) is 5.41 Å². The summed E-state index contributed by atoms with van der Waals surface area (Å²) in [6.45, 7) is 4.96. The van der Waals surface area contributed by atoms with E-state index in [1.165, 1.54) is 107 Å². The minimum absolute atomic E-state index is 0.0288. The summed E-state index contributed by atoms with van der Waals surface area (Å²) in [7, 11) is 0. The molecule has 10 aromatic carbocycles. The van der Waals surface area contributed by atoms with Crippen molar-refractivity contribution >= 4 is 68.6 Å². The molecule has 3 heterocycles. The van der Waals surface area contributed by atoms with Crippen LogP contribution in [0.5, 0.6) is 0 Å². The SMILES string of the molecule is CC12CCC1(C)N(c1cc3c4c(c1)N(c1cccc(-c5ccccc5)c1)c1cc(-c5ccccc5)ccc1B4c1ccc(-c4ccccc4)cc1N3c1cccc(-c3ccccc3)c1)c1ccccc12. The Balaban J connectivity index is 1.10.